The van der Waals surface area contributed by atoms with E-state index in [0.29, 0.717) is 0 Å². The minimum absolute atomic E-state index is 0. The molecule has 0 aromatic carbocycles. The van der Waals surface area contributed by atoms with E-state index in [1.807, 2.05) is 0 Å². The molecule has 1 rings (SSSR count). The summed E-state index contributed by atoms with van der Waals surface area (Å²) in [5.74, 6) is 0. The number of hydrogen-bond acceptors (Lipinski definition) is 1. The summed E-state index contributed by atoms with van der Waals surface area (Å²) < 4.78 is 4.69. The molecular weight excluding hydrogens is 129 g/mol. The van der Waals surface area contributed by atoms with Crippen LogP contribution in [0, 0.1) is 13.8 Å². The molecule has 1 fully saturated rings. The molecule has 0 saturated carbocycles. The number of epoxide rings is 1. The number of ether oxygens (including phenoxy) is 1. The molecule has 0 aliphatic carbocycles. The first-order valence-corrected chi connectivity index (χ1v) is 1.62. The molecule has 0 aromatic heterocycles. The van der Waals surface area contributed by atoms with Gasteiger partial charge in [-0.3, -0.25) is 0 Å². The standard InChI is InChI=1S/C4H6O.Zn/c1-3-4(2)5-3;/h3-4H,1-2H2;/q-2;+2. The Morgan fingerprint density at radius 2 is 1.33 bits per heavy atom. The predicted octanol–water partition coefficient (Wildman–Crippen LogP) is 0.419. The van der Waals surface area contributed by atoms with Crippen molar-refractivity contribution >= 4 is 0 Å². The van der Waals surface area contributed by atoms with E-state index in [-0.39, 0.29) is 31.7 Å². The summed E-state index contributed by atoms with van der Waals surface area (Å²) in [6, 6.07) is 0. The molecule has 2 unspecified atom stereocenters. The molecular formula is C4H6OZn. The first-order chi connectivity index (χ1) is 2.30. The quantitative estimate of drug-likeness (QED) is 0.266. The fourth-order valence-electron chi connectivity index (χ4n) is 0.179. The molecule has 0 N–H and O–H groups in total. The predicted molar refractivity (Wildman–Crippen MR) is 19.4 cm³/mol. The van der Waals surface area contributed by atoms with Crippen LogP contribution in [-0.4, -0.2) is 12.2 Å². The number of hydrogen-bond donors (Lipinski definition) is 0. The zero-order valence-corrected chi connectivity index (χ0v) is 6.65. The maximum atomic E-state index is 4.69. The van der Waals surface area contributed by atoms with Crippen LogP contribution in [0.1, 0.15) is 0 Å². The van der Waals surface area contributed by atoms with Crippen molar-refractivity contribution in [1.82, 2.24) is 0 Å². The van der Waals surface area contributed by atoms with Gasteiger partial charge in [0.2, 0.25) is 0 Å². The first-order valence-electron chi connectivity index (χ1n) is 1.62. The zero-order chi connectivity index (χ0) is 3.86. The molecule has 1 aliphatic heterocycles. The Hall–Kier alpha value is 0.583. The molecule has 30 valence electrons. The van der Waals surface area contributed by atoms with Gasteiger partial charge in [0.15, 0.2) is 0 Å². The zero-order valence-electron chi connectivity index (χ0n) is 3.68. The van der Waals surface area contributed by atoms with Crippen LogP contribution < -0.4 is 0 Å². The summed E-state index contributed by atoms with van der Waals surface area (Å²) in [4.78, 5) is 0. The third kappa shape index (κ3) is 1.36. The van der Waals surface area contributed by atoms with Crippen LogP contribution in [0.3, 0.4) is 0 Å². The third-order valence-corrected chi connectivity index (χ3v) is 0.688. The van der Waals surface area contributed by atoms with Crippen LogP contribution in [-0.2, 0) is 24.2 Å². The summed E-state index contributed by atoms with van der Waals surface area (Å²) in [5.41, 5.74) is 0. The van der Waals surface area contributed by atoms with Crippen LogP contribution in [0.4, 0.5) is 0 Å². The fraction of sp³-hybridized carbons (Fsp3) is 0.500. The monoisotopic (exact) mass is 134 g/mol. The second kappa shape index (κ2) is 2.04. The second-order valence-corrected chi connectivity index (χ2v) is 1.21. The van der Waals surface area contributed by atoms with Crippen molar-refractivity contribution in [2.24, 2.45) is 0 Å². The average molecular weight is 135 g/mol. The molecule has 2 heteroatoms. The SMILES string of the molecule is [CH2-]C1OC1[CH2-].[Zn+2]. The Labute approximate surface area is 50.8 Å². The third-order valence-electron chi connectivity index (χ3n) is 0.688. The molecule has 0 spiro atoms. The topological polar surface area (TPSA) is 12.5 Å². The number of rotatable bonds is 0. The Bertz CT molecular complexity index is 40.8. The van der Waals surface area contributed by atoms with Crippen molar-refractivity contribution in [2.75, 3.05) is 0 Å². The Morgan fingerprint density at radius 1 is 1.17 bits per heavy atom. The van der Waals surface area contributed by atoms with Crippen molar-refractivity contribution in [3.63, 3.8) is 0 Å². The molecule has 0 radical (unpaired) electrons. The molecule has 1 heterocycles. The summed E-state index contributed by atoms with van der Waals surface area (Å²) in [5, 5.41) is 0. The molecule has 0 amide bonds. The van der Waals surface area contributed by atoms with Crippen molar-refractivity contribution in [3.05, 3.63) is 13.8 Å². The van der Waals surface area contributed by atoms with E-state index in [4.69, 9.17) is 4.74 Å². The largest absolute Gasteiger partial charge is 2.00 e. The van der Waals surface area contributed by atoms with Crippen molar-refractivity contribution < 1.29 is 24.2 Å². The average Bonchev–Trinajstić information content (AvgIpc) is 1.79. The smallest absolute Gasteiger partial charge is 0.439 e. The van der Waals surface area contributed by atoms with Gasteiger partial charge < -0.3 is 18.6 Å². The van der Waals surface area contributed by atoms with Gasteiger partial charge in [0.1, 0.15) is 0 Å². The normalized spacial score (nSPS) is 41.0. The van der Waals surface area contributed by atoms with Gasteiger partial charge in [-0.1, -0.05) is 12.2 Å². The van der Waals surface area contributed by atoms with Crippen LogP contribution in [0.25, 0.3) is 0 Å². The second-order valence-electron chi connectivity index (χ2n) is 1.21. The van der Waals surface area contributed by atoms with E-state index < -0.39 is 0 Å². The fourth-order valence-corrected chi connectivity index (χ4v) is 0.179. The molecule has 6 heavy (non-hydrogen) atoms. The van der Waals surface area contributed by atoms with Crippen molar-refractivity contribution in [2.45, 2.75) is 12.2 Å². The van der Waals surface area contributed by atoms with Crippen LogP contribution >= 0.6 is 0 Å². The summed E-state index contributed by atoms with van der Waals surface area (Å²) in [7, 11) is 0. The van der Waals surface area contributed by atoms with Crippen LogP contribution in [0.2, 0.25) is 0 Å². The molecule has 1 saturated heterocycles. The van der Waals surface area contributed by atoms with Gasteiger partial charge in [-0.05, 0) is 0 Å². The maximum Gasteiger partial charge on any atom is 2.00 e. The minimum Gasteiger partial charge on any atom is -0.439 e. The Balaban J connectivity index is 0.000000250. The maximum absolute atomic E-state index is 4.69. The van der Waals surface area contributed by atoms with Crippen molar-refractivity contribution in [3.8, 4) is 0 Å². The summed E-state index contributed by atoms with van der Waals surface area (Å²) >= 11 is 0. The van der Waals surface area contributed by atoms with Gasteiger partial charge in [-0.2, -0.15) is 0 Å². The van der Waals surface area contributed by atoms with E-state index in [2.05, 4.69) is 13.8 Å². The molecule has 0 aromatic rings. The summed E-state index contributed by atoms with van der Waals surface area (Å²) in [6.45, 7) is 7.09. The van der Waals surface area contributed by atoms with E-state index in [1.165, 1.54) is 0 Å². The van der Waals surface area contributed by atoms with Gasteiger partial charge in [-0.15, -0.1) is 0 Å². The first kappa shape index (κ1) is 6.58. The van der Waals surface area contributed by atoms with E-state index in [0.717, 1.165) is 0 Å². The Morgan fingerprint density at radius 3 is 1.33 bits per heavy atom. The van der Waals surface area contributed by atoms with Gasteiger partial charge in [0.25, 0.3) is 0 Å². The molecule has 1 aliphatic rings. The molecule has 1 nitrogen and oxygen atoms in total. The minimum atomic E-state index is 0. The Kier molecular flexibility index (Phi) is 2.24. The van der Waals surface area contributed by atoms with Crippen molar-refractivity contribution in [1.29, 1.82) is 0 Å². The molecule has 0 bridgehead atoms. The van der Waals surface area contributed by atoms with Gasteiger partial charge >= 0.3 is 19.5 Å². The van der Waals surface area contributed by atoms with E-state index in [9.17, 15) is 0 Å². The molecule has 2 atom stereocenters. The van der Waals surface area contributed by atoms with Gasteiger partial charge in [-0.25, -0.2) is 0 Å². The summed E-state index contributed by atoms with van der Waals surface area (Å²) in [6.07, 6.45) is 0.380. The van der Waals surface area contributed by atoms with Gasteiger partial charge in [0.05, 0.1) is 0 Å². The van der Waals surface area contributed by atoms with Gasteiger partial charge in [0, 0.05) is 0 Å². The van der Waals surface area contributed by atoms with E-state index >= 15 is 0 Å². The van der Waals surface area contributed by atoms with Crippen LogP contribution in [0.15, 0.2) is 0 Å². The van der Waals surface area contributed by atoms with E-state index in [1.54, 1.807) is 0 Å². The van der Waals surface area contributed by atoms with Crippen LogP contribution in [0.5, 0.6) is 0 Å².